The van der Waals surface area contributed by atoms with E-state index in [0.717, 1.165) is 6.54 Å². The number of rotatable bonds is 6. The van der Waals surface area contributed by atoms with Gasteiger partial charge in [0.1, 0.15) is 0 Å². The molecule has 3 N–H and O–H groups in total. The fourth-order valence-electron chi connectivity index (χ4n) is 2.42. The van der Waals surface area contributed by atoms with Crippen LogP contribution in [0.5, 0.6) is 5.88 Å². The van der Waals surface area contributed by atoms with Gasteiger partial charge in [0.2, 0.25) is 5.88 Å². The number of carbonyl (C=O) groups excluding carboxylic acids is 1. The number of aliphatic hydroxyl groups is 1. The molecule has 2 amide bonds. The predicted octanol–water partition coefficient (Wildman–Crippen LogP) is 1.30. The number of amides is 2. The molecule has 1 atom stereocenters. The number of anilines is 1. The van der Waals surface area contributed by atoms with Gasteiger partial charge in [-0.15, -0.1) is 0 Å². The molecule has 1 fully saturated rings. The van der Waals surface area contributed by atoms with Gasteiger partial charge in [0.15, 0.2) is 0 Å². The molecule has 7 nitrogen and oxygen atoms in total. The largest absolute Gasteiger partial charge is 0.477 e. The third kappa shape index (κ3) is 5.69. The summed E-state index contributed by atoms with van der Waals surface area (Å²) in [5.41, 5.74) is -0.270. The van der Waals surface area contributed by atoms with E-state index in [-0.39, 0.29) is 12.6 Å². The first-order chi connectivity index (χ1) is 10.9. The highest BCUT2D eigenvalue weighted by Gasteiger charge is 2.34. The van der Waals surface area contributed by atoms with Crippen molar-refractivity contribution in [3.63, 3.8) is 0 Å². The highest BCUT2D eigenvalue weighted by atomic mass is 16.5. The number of likely N-dealkylation sites (tertiary alicyclic amines) is 1. The van der Waals surface area contributed by atoms with E-state index in [1.807, 2.05) is 11.9 Å². The van der Waals surface area contributed by atoms with Crippen molar-refractivity contribution in [1.29, 1.82) is 0 Å². The number of urea groups is 1. The molecule has 1 aromatic rings. The summed E-state index contributed by atoms with van der Waals surface area (Å²) in [5, 5.41) is 15.7. The predicted molar refractivity (Wildman–Crippen MR) is 88.7 cm³/mol. The Morgan fingerprint density at radius 3 is 2.87 bits per heavy atom. The van der Waals surface area contributed by atoms with E-state index in [2.05, 4.69) is 29.5 Å². The maximum absolute atomic E-state index is 11.9. The number of β-amino-alcohol motifs (C(OH)–C–C–N with tert-alkyl or cyclic N) is 1. The molecule has 0 aliphatic carbocycles. The summed E-state index contributed by atoms with van der Waals surface area (Å²) < 4.78 is 5.49. The minimum Gasteiger partial charge on any atom is -0.477 e. The minimum absolute atomic E-state index is 0.228. The molecule has 1 aliphatic rings. The van der Waals surface area contributed by atoms with Crippen LogP contribution in [0.25, 0.3) is 0 Å². The van der Waals surface area contributed by atoms with E-state index >= 15 is 0 Å². The van der Waals surface area contributed by atoms with Crippen LogP contribution >= 0.6 is 0 Å². The van der Waals surface area contributed by atoms with E-state index in [1.54, 1.807) is 18.3 Å². The summed E-state index contributed by atoms with van der Waals surface area (Å²) in [5.74, 6) is 0.966. The third-order valence-electron chi connectivity index (χ3n) is 3.66. The van der Waals surface area contributed by atoms with Gasteiger partial charge in [-0.3, -0.25) is 0 Å². The van der Waals surface area contributed by atoms with E-state index in [4.69, 9.17) is 4.74 Å². The Morgan fingerprint density at radius 1 is 1.52 bits per heavy atom. The number of nitrogens with zero attached hydrogens (tertiary/aromatic N) is 2. The zero-order valence-electron chi connectivity index (χ0n) is 14.0. The number of aromatic nitrogens is 1. The first kappa shape index (κ1) is 17.5. The zero-order valence-corrected chi connectivity index (χ0v) is 14.0. The number of carbonyl (C=O) groups is 1. The molecular weight excluding hydrogens is 296 g/mol. The summed E-state index contributed by atoms with van der Waals surface area (Å²) in [4.78, 5) is 18.1. The molecule has 0 unspecified atom stereocenters. The van der Waals surface area contributed by atoms with Gasteiger partial charge in [0, 0.05) is 25.7 Å². The van der Waals surface area contributed by atoms with Gasteiger partial charge in [-0.25, -0.2) is 9.78 Å². The fourth-order valence-corrected chi connectivity index (χ4v) is 2.42. The Kier molecular flexibility index (Phi) is 5.79. The molecule has 23 heavy (non-hydrogen) atoms. The molecule has 1 aliphatic heterocycles. The number of hydrogen-bond donors (Lipinski definition) is 3. The van der Waals surface area contributed by atoms with Gasteiger partial charge in [0.25, 0.3) is 0 Å². The zero-order chi connectivity index (χ0) is 16.9. The quantitative estimate of drug-likeness (QED) is 0.735. The van der Waals surface area contributed by atoms with E-state index in [9.17, 15) is 9.90 Å². The Balaban J connectivity index is 1.76. The number of pyridine rings is 1. The van der Waals surface area contributed by atoms with Crippen LogP contribution in [0.15, 0.2) is 18.3 Å². The van der Waals surface area contributed by atoms with Crippen molar-refractivity contribution in [2.45, 2.75) is 25.9 Å². The van der Waals surface area contributed by atoms with Crippen LogP contribution in [0.3, 0.4) is 0 Å². The van der Waals surface area contributed by atoms with Gasteiger partial charge in [0.05, 0.1) is 24.1 Å². The maximum Gasteiger partial charge on any atom is 0.319 e. The monoisotopic (exact) mass is 322 g/mol. The summed E-state index contributed by atoms with van der Waals surface area (Å²) in [6.45, 7) is 6.37. The molecule has 0 radical (unpaired) electrons. The first-order valence-electron chi connectivity index (χ1n) is 7.91. The van der Waals surface area contributed by atoms with Crippen LogP contribution < -0.4 is 15.4 Å². The van der Waals surface area contributed by atoms with Gasteiger partial charge < -0.3 is 25.4 Å². The lowest BCUT2D eigenvalue weighted by atomic mass is 10.0. The van der Waals surface area contributed by atoms with Crippen LogP contribution in [0.2, 0.25) is 0 Å². The van der Waals surface area contributed by atoms with Gasteiger partial charge >= 0.3 is 6.03 Å². The molecule has 7 heteroatoms. The average molecular weight is 322 g/mol. The summed E-state index contributed by atoms with van der Waals surface area (Å²) in [7, 11) is 1.95. The number of likely N-dealkylation sites (N-methyl/N-ethyl adjacent to an activating group) is 1. The first-order valence-corrected chi connectivity index (χ1v) is 7.91. The molecule has 0 bridgehead atoms. The second kappa shape index (κ2) is 7.61. The van der Waals surface area contributed by atoms with Crippen LogP contribution in [0.4, 0.5) is 10.5 Å². The molecule has 1 saturated heterocycles. The van der Waals surface area contributed by atoms with Gasteiger partial charge in [-0.1, -0.05) is 13.8 Å². The third-order valence-corrected chi connectivity index (χ3v) is 3.66. The molecule has 1 aromatic heterocycles. The molecule has 2 heterocycles. The summed E-state index contributed by atoms with van der Waals surface area (Å²) in [6.07, 6.45) is 2.21. The Morgan fingerprint density at radius 2 is 2.30 bits per heavy atom. The fraction of sp³-hybridized carbons (Fsp3) is 0.625. The van der Waals surface area contributed by atoms with Crippen molar-refractivity contribution in [2.75, 3.05) is 38.6 Å². The highest BCUT2D eigenvalue weighted by molar-refractivity contribution is 5.89. The van der Waals surface area contributed by atoms with Crippen molar-refractivity contribution in [3.8, 4) is 5.88 Å². The van der Waals surface area contributed by atoms with E-state index < -0.39 is 5.60 Å². The maximum atomic E-state index is 11.9. The summed E-state index contributed by atoms with van der Waals surface area (Å²) >= 11 is 0. The average Bonchev–Trinajstić information content (AvgIpc) is 2.84. The topological polar surface area (TPSA) is 86.7 Å². The second-order valence-electron chi connectivity index (χ2n) is 6.61. The van der Waals surface area contributed by atoms with E-state index in [0.29, 0.717) is 37.1 Å². The van der Waals surface area contributed by atoms with Gasteiger partial charge in [-0.2, -0.15) is 0 Å². The normalized spacial score (nSPS) is 21.4. The SMILES string of the molecule is CC(C)COc1ccc(NC(=O)NC[C@]2(O)CCN(C)C2)cn1. The number of nitrogens with one attached hydrogen (secondary N) is 2. The standard InChI is InChI=1S/C16H26N4O3/c1-12(2)9-23-14-5-4-13(8-17-14)19-15(21)18-10-16(22)6-7-20(3)11-16/h4-5,8,12,22H,6-7,9-11H2,1-3H3,(H2,18,19,21)/t16-/m1/s1. The van der Waals surface area contributed by atoms with Gasteiger partial charge in [-0.05, 0) is 25.5 Å². The Labute approximate surface area is 137 Å². The number of ether oxygens (including phenoxy) is 1. The summed E-state index contributed by atoms with van der Waals surface area (Å²) in [6, 6.07) is 3.10. The molecule has 0 spiro atoms. The Bertz CT molecular complexity index is 521. The van der Waals surface area contributed by atoms with E-state index in [1.165, 1.54) is 0 Å². The van der Waals surface area contributed by atoms with Crippen LogP contribution in [0.1, 0.15) is 20.3 Å². The van der Waals surface area contributed by atoms with Crippen molar-refractivity contribution >= 4 is 11.7 Å². The lowest BCUT2D eigenvalue weighted by Crippen LogP contribution is -2.45. The molecule has 2 rings (SSSR count). The molecular formula is C16H26N4O3. The smallest absolute Gasteiger partial charge is 0.319 e. The molecule has 128 valence electrons. The van der Waals surface area contributed by atoms with Crippen LogP contribution in [-0.2, 0) is 0 Å². The van der Waals surface area contributed by atoms with Crippen molar-refractivity contribution in [2.24, 2.45) is 5.92 Å². The van der Waals surface area contributed by atoms with Crippen LogP contribution in [0, 0.1) is 5.92 Å². The van der Waals surface area contributed by atoms with Crippen molar-refractivity contribution < 1.29 is 14.6 Å². The Hall–Kier alpha value is -1.86. The highest BCUT2D eigenvalue weighted by Crippen LogP contribution is 2.18. The second-order valence-corrected chi connectivity index (χ2v) is 6.61. The molecule has 0 saturated carbocycles. The minimum atomic E-state index is -0.848. The van der Waals surface area contributed by atoms with Crippen molar-refractivity contribution in [3.05, 3.63) is 18.3 Å². The van der Waals surface area contributed by atoms with Crippen molar-refractivity contribution in [1.82, 2.24) is 15.2 Å². The van der Waals surface area contributed by atoms with Crippen LogP contribution in [-0.4, -0.2) is 59.9 Å². The molecule has 0 aromatic carbocycles. The number of hydrogen-bond acceptors (Lipinski definition) is 5. The lowest BCUT2D eigenvalue weighted by Gasteiger charge is -2.22. The lowest BCUT2D eigenvalue weighted by molar-refractivity contribution is 0.0546.